The van der Waals surface area contributed by atoms with E-state index in [1.807, 2.05) is 22.9 Å². The number of carbonyl (C=O) groups excluding carboxylic acids is 1. The Kier molecular flexibility index (Phi) is 4.36. The number of ether oxygens (including phenoxy) is 1. The van der Waals surface area contributed by atoms with Crippen molar-refractivity contribution in [3.05, 3.63) is 55.0 Å². The van der Waals surface area contributed by atoms with E-state index in [2.05, 4.69) is 26.3 Å². The van der Waals surface area contributed by atoms with Gasteiger partial charge in [-0.1, -0.05) is 18.2 Å². The number of anilines is 2. The highest BCUT2D eigenvalue weighted by molar-refractivity contribution is 5.92. The molecule has 0 amide bonds. The summed E-state index contributed by atoms with van der Waals surface area (Å²) < 4.78 is 7.08. The molecule has 5 rings (SSSR count). The standard InChI is InChI=1S/C21H18N6O2/c28-13-29-18-11-23-21(25-20(18)24-15-7-9-22-10-8-15)19-16-3-1-2-4-17(16)27(26-19)12-14-5-6-14/h1-4,7-11,13-14H,5-6,12H2,(H,22,23,24,25). The first-order valence-corrected chi connectivity index (χ1v) is 9.42. The van der Waals surface area contributed by atoms with Crippen molar-refractivity contribution in [2.24, 2.45) is 5.92 Å². The third-order valence-electron chi connectivity index (χ3n) is 4.87. The summed E-state index contributed by atoms with van der Waals surface area (Å²) >= 11 is 0. The number of benzene rings is 1. The van der Waals surface area contributed by atoms with E-state index in [1.165, 1.54) is 19.0 Å². The van der Waals surface area contributed by atoms with E-state index in [0.29, 0.717) is 29.7 Å². The molecule has 4 aromatic rings. The number of nitrogens with one attached hydrogen (secondary N) is 1. The Hall–Kier alpha value is -3.81. The molecule has 8 heteroatoms. The van der Waals surface area contributed by atoms with Crippen LogP contribution in [0.5, 0.6) is 5.75 Å². The van der Waals surface area contributed by atoms with E-state index >= 15 is 0 Å². The minimum Gasteiger partial charge on any atom is -0.423 e. The van der Waals surface area contributed by atoms with Gasteiger partial charge in [-0.3, -0.25) is 14.5 Å². The molecule has 0 bridgehead atoms. The smallest absolute Gasteiger partial charge is 0.298 e. The Morgan fingerprint density at radius 1 is 1.17 bits per heavy atom. The topological polar surface area (TPSA) is 94.8 Å². The van der Waals surface area contributed by atoms with Crippen LogP contribution in [0.2, 0.25) is 0 Å². The van der Waals surface area contributed by atoms with E-state index < -0.39 is 0 Å². The Morgan fingerprint density at radius 2 is 2.00 bits per heavy atom. The molecule has 144 valence electrons. The van der Waals surface area contributed by atoms with Crippen LogP contribution in [0, 0.1) is 5.92 Å². The fourth-order valence-electron chi connectivity index (χ4n) is 3.26. The second-order valence-electron chi connectivity index (χ2n) is 6.97. The van der Waals surface area contributed by atoms with E-state index in [-0.39, 0.29) is 5.75 Å². The Bertz CT molecular complexity index is 1170. The predicted molar refractivity (Wildman–Crippen MR) is 108 cm³/mol. The fourth-order valence-corrected chi connectivity index (χ4v) is 3.26. The van der Waals surface area contributed by atoms with Crippen LogP contribution in [-0.2, 0) is 11.3 Å². The number of hydrogen-bond donors (Lipinski definition) is 1. The second-order valence-corrected chi connectivity index (χ2v) is 6.97. The van der Waals surface area contributed by atoms with Gasteiger partial charge in [0.2, 0.25) is 0 Å². The minimum atomic E-state index is 0.238. The van der Waals surface area contributed by atoms with Crippen LogP contribution in [-0.4, -0.2) is 31.2 Å². The molecule has 1 aromatic carbocycles. The lowest BCUT2D eigenvalue weighted by Gasteiger charge is -2.10. The lowest BCUT2D eigenvalue weighted by molar-refractivity contribution is -0.120. The molecule has 0 atom stereocenters. The fraction of sp³-hybridized carbons (Fsp3) is 0.190. The van der Waals surface area contributed by atoms with E-state index in [9.17, 15) is 4.79 Å². The Balaban J connectivity index is 1.59. The number of hydrogen-bond acceptors (Lipinski definition) is 7. The summed E-state index contributed by atoms with van der Waals surface area (Å²) in [6.45, 7) is 1.25. The largest absolute Gasteiger partial charge is 0.423 e. The highest BCUT2D eigenvalue weighted by Crippen LogP contribution is 2.34. The van der Waals surface area contributed by atoms with E-state index in [4.69, 9.17) is 9.84 Å². The first kappa shape index (κ1) is 17.3. The zero-order chi connectivity index (χ0) is 19.6. The third-order valence-corrected chi connectivity index (χ3v) is 4.87. The monoisotopic (exact) mass is 386 g/mol. The van der Waals surface area contributed by atoms with E-state index in [1.54, 1.807) is 24.5 Å². The molecule has 1 saturated carbocycles. The van der Waals surface area contributed by atoms with Crippen LogP contribution in [0.25, 0.3) is 22.4 Å². The minimum absolute atomic E-state index is 0.238. The molecule has 1 fully saturated rings. The predicted octanol–water partition coefficient (Wildman–Crippen LogP) is 3.58. The zero-order valence-electron chi connectivity index (χ0n) is 15.5. The van der Waals surface area contributed by atoms with Gasteiger partial charge in [0.15, 0.2) is 17.4 Å². The van der Waals surface area contributed by atoms with Crippen LogP contribution < -0.4 is 10.1 Å². The van der Waals surface area contributed by atoms with Crippen molar-refractivity contribution in [3.8, 4) is 17.3 Å². The van der Waals surface area contributed by atoms with Gasteiger partial charge in [-0.2, -0.15) is 5.10 Å². The lowest BCUT2D eigenvalue weighted by Crippen LogP contribution is -2.04. The second kappa shape index (κ2) is 7.31. The van der Waals surface area contributed by atoms with Crippen molar-refractivity contribution in [3.63, 3.8) is 0 Å². The number of aromatic nitrogens is 5. The molecule has 1 N–H and O–H groups in total. The van der Waals surface area contributed by atoms with E-state index in [0.717, 1.165) is 23.1 Å². The molecule has 3 heterocycles. The Labute approximate surface area is 166 Å². The van der Waals surface area contributed by atoms with Crippen molar-refractivity contribution >= 4 is 28.9 Å². The number of pyridine rings is 1. The van der Waals surface area contributed by atoms with Crippen molar-refractivity contribution < 1.29 is 9.53 Å². The summed E-state index contributed by atoms with van der Waals surface area (Å²) in [7, 11) is 0. The Morgan fingerprint density at radius 3 is 2.79 bits per heavy atom. The summed E-state index contributed by atoms with van der Waals surface area (Å²) in [5.41, 5.74) is 2.54. The maximum Gasteiger partial charge on any atom is 0.298 e. The van der Waals surface area contributed by atoms with Crippen LogP contribution >= 0.6 is 0 Å². The molecule has 0 spiro atoms. The molecular formula is C21H18N6O2. The van der Waals surface area contributed by atoms with Crippen molar-refractivity contribution in [2.45, 2.75) is 19.4 Å². The zero-order valence-corrected chi connectivity index (χ0v) is 15.5. The molecule has 3 aromatic heterocycles. The molecular weight excluding hydrogens is 368 g/mol. The van der Waals surface area contributed by atoms with Crippen LogP contribution in [0.4, 0.5) is 11.5 Å². The summed E-state index contributed by atoms with van der Waals surface area (Å²) in [6, 6.07) is 11.7. The lowest BCUT2D eigenvalue weighted by atomic mass is 10.2. The molecule has 1 aliphatic rings. The van der Waals surface area contributed by atoms with Gasteiger partial charge in [0, 0.05) is 30.0 Å². The van der Waals surface area contributed by atoms with Gasteiger partial charge < -0.3 is 10.1 Å². The summed E-state index contributed by atoms with van der Waals surface area (Å²) in [5, 5.41) is 8.95. The van der Waals surface area contributed by atoms with Gasteiger partial charge >= 0.3 is 0 Å². The highest BCUT2D eigenvalue weighted by atomic mass is 16.5. The van der Waals surface area contributed by atoms with Crippen molar-refractivity contribution in [1.29, 1.82) is 0 Å². The summed E-state index contributed by atoms with van der Waals surface area (Å²) in [6.07, 6.45) is 7.31. The molecule has 0 saturated heterocycles. The molecule has 0 aliphatic heterocycles. The SMILES string of the molecule is O=COc1cnc(-c2nn(CC3CC3)c3ccccc23)nc1Nc1ccncc1. The number of para-hydroxylation sites is 1. The van der Waals surface area contributed by atoms with Gasteiger partial charge in [-0.25, -0.2) is 9.97 Å². The summed E-state index contributed by atoms with van der Waals surface area (Å²) in [4.78, 5) is 23.9. The molecule has 8 nitrogen and oxygen atoms in total. The van der Waals surface area contributed by atoms with Crippen LogP contribution in [0.15, 0.2) is 55.0 Å². The molecule has 0 unspecified atom stereocenters. The number of carbonyl (C=O) groups is 1. The van der Waals surface area contributed by atoms with Crippen molar-refractivity contribution in [2.75, 3.05) is 5.32 Å². The normalized spacial score (nSPS) is 13.4. The summed E-state index contributed by atoms with van der Waals surface area (Å²) in [5.74, 6) is 1.78. The average Bonchev–Trinajstić information content (AvgIpc) is 3.50. The van der Waals surface area contributed by atoms with Crippen molar-refractivity contribution in [1.82, 2.24) is 24.7 Å². The van der Waals surface area contributed by atoms with Gasteiger partial charge in [-0.15, -0.1) is 0 Å². The quantitative estimate of drug-likeness (QED) is 0.485. The number of fused-ring (bicyclic) bond motifs is 1. The molecule has 1 aliphatic carbocycles. The maximum absolute atomic E-state index is 10.9. The van der Waals surface area contributed by atoms with Gasteiger partial charge in [0.25, 0.3) is 6.47 Å². The molecule has 0 radical (unpaired) electrons. The van der Waals surface area contributed by atoms with Crippen LogP contribution in [0.3, 0.4) is 0 Å². The highest BCUT2D eigenvalue weighted by Gasteiger charge is 2.24. The number of rotatable bonds is 7. The first-order chi connectivity index (χ1) is 14.3. The van der Waals surface area contributed by atoms with Gasteiger partial charge in [0.05, 0.1) is 11.7 Å². The van der Waals surface area contributed by atoms with Gasteiger partial charge in [0.1, 0.15) is 5.69 Å². The average molecular weight is 386 g/mol. The molecule has 29 heavy (non-hydrogen) atoms. The number of nitrogens with zero attached hydrogens (tertiary/aromatic N) is 5. The first-order valence-electron chi connectivity index (χ1n) is 9.42. The maximum atomic E-state index is 10.9. The van der Waals surface area contributed by atoms with Crippen LogP contribution in [0.1, 0.15) is 12.8 Å². The van der Waals surface area contributed by atoms with Gasteiger partial charge in [-0.05, 0) is 37.0 Å². The third kappa shape index (κ3) is 3.52.